The molecule has 7 aromatic rings. The van der Waals surface area contributed by atoms with E-state index in [9.17, 15) is 0 Å². The third-order valence-electron chi connectivity index (χ3n) is 17.8. The molecule has 10 radical (unpaired) electrons. The highest BCUT2D eigenvalue weighted by atomic mass is 32.1. The second-order valence-electron chi connectivity index (χ2n) is 26.7. The van der Waals surface area contributed by atoms with Crippen molar-refractivity contribution in [3.8, 4) is 11.1 Å². The van der Waals surface area contributed by atoms with Crippen molar-refractivity contribution in [2.24, 2.45) is 0 Å². The fraction of sp³-hybridized carbons (Fsp3) is 0.397. The van der Waals surface area contributed by atoms with E-state index in [0.717, 1.165) is 47.5 Å². The van der Waals surface area contributed by atoms with E-state index in [2.05, 4.69) is 193 Å². The van der Waals surface area contributed by atoms with Crippen LogP contribution in [-0.4, -0.2) is 45.9 Å². The summed E-state index contributed by atoms with van der Waals surface area (Å²) in [5.41, 5.74) is 21.6. The van der Waals surface area contributed by atoms with Crippen molar-refractivity contribution in [2.75, 3.05) is 9.80 Å². The molecule has 352 valence electrons. The third-order valence-corrected chi connectivity index (χ3v) is 19.0. The minimum Gasteiger partial charge on any atom is -0.311 e. The lowest BCUT2D eigenvalue weighted by molar-refractivity contribution is 0.332. The highest BCUT2D eigenvalue weighted by molar-refractivity contribution is 7.33. The van der Waals surface area contributed by atoms with E-state index in [-0.39, 0.29) is 55.6 Å². The average Bonchev–Trinajstić information content (AvgIpc) is 3.67. The first-order chi connectivity index (χ1) is 33.4. The Morgan fingerprint density at radius 2 is 0.972 bits per heavy atom. The summed E-state index contributed by atoms with van der Waals surface area (Å²) >= 11 is 2.00. The molecule has 6 aromatic carbocycles. The molecule has 0 saturated heterocycles. The van der Waals surface area contributed by atoms with Crippen molar-refractivity contribution in [2.45, 2.75) is 162 Å². The Balaban J connectivity index is 1.31. The Kier molecular flexibility index (Phi) is 10.9. The van der Waals surface area contributed by atoms with Crippen LogP contribution in [0.5, 0.6) is 0 Å². The number of nitrogens with zero attached hydrogens (tertiary/aromatic N) is 2. The number of hydrogen-bond donors (Lipinski definition) is 0. The van der Waals surface area contributed by atoms with E-state index in [0.29, 0.717) is 16.5 Å². The number of anilines is 6. The molecule has 0 unspecified atom stereocenters. The SMILES string of the molecule is [B]c1c([B])c([B])c(-c2cc(C(C)(C)C)ccc2N2c3cc4c(cc3B3c5sc6cc7c(cc6c5N(c5ccc(C(C)(C)C)cc5)c5cc(C)cc2c53)C(C)(C)CCC7(C)C)C(C)(C)CCC4(C)C)c([B])c1[B]. The van der Waals surface area contributed by atoms with Gasteiger partial charge in [-0.2, -0.15) is 0 Å². The maximum atomic E-state index is 7.11. The lowest BCUT2D eigenvalue weighted by Gasteiger charge is -2.47. The summed E-state index contributed by atoms with van der Waals surface area (Å²) in [6.07, 6.45) is 4.53. The van der Waals surface area contributed by atoms with Gasteiger partial charge in [-0.25, -0.2) is 0 Å². The molecule has 3 heterocycles. The van der Waals surface area contributed by atoms with Gasteiger partial charge in [0.25, 0.3) is 6.71 Å². The van der Waals surface area contributed by atoms with Crippen LogP contribution in [0.15, 0.2) is 78.9 Å². The number of hydrogen-bond acceptors (Lipinski definition) is 3. The van der Waals surface area contributed by atoms with Crippen molar-refractivity contribution in [1.29, 1.82) is 0 Å². The van der Waals surface area contributed by atoms with Gasteiger partial charge >= 0.3 is 0 Å². The predicted molar refractivity (Wildman–Crippen MR) is 321 cm³/mol. The van der Waals surface area contributed by atoms with Gasteiger partial charge in [-0.05, 0) is 175 Å². The number of benzene rings is 6. The van der Waals surface area contributed by atoms with E-state index in [4.69, 9.17) is 39.2 Å². The summed E-state index contributed by atoms with van der Waals surface area (Å²) < 4.78 is 2.73. The maximum absolute atomic E-state index is 7.11. The molecule has 11 rings (SSSR count). The molecule has 72 heavy (non-hydrogen) atoms. The van der Waals surface area contributed by atoms with Gasteiger partial charge in [0.1, 0.15) is 39.2 Å². The second kappa shape index (κ2) is 15.9. The maximum Gasteiger partial charge on any atom is 0.264 e. The summed E-state index contributed by atoms with van der Waals surface area (Å²) in [5.74, 6) is 0. The number of thiophene rings is 1. The lowest BCUT2D eigenvalue weighted by Crippen LogP contribution is -2.61. The molecule has 2 aliphatic heterocycles. The Labute approximate surface area is 442 Å². The summed E-state index contributed by atoms with van der Waals surface area (Å²) in [7, 11) is 34.3. The van der Waals surface area contributed by atoms with E-state index < -0.39 is 0 Å². The fourth-order valence-electron chi connectivity index (χ4n) is 12.9. The number of aryl methyl sites for hydroxylation is 1. The van der Waals surface area contributed by atoms with Crippen molar-refractivity contribution < 1.29 is 0 Å². The Morgan fingerprint density at radius 1 is 0.500 bits per heavy atom. The zero-order chi connectivity index (χ0) is 51.9. The smallest absolute Gasteiger partial charge is 0.264 e. The normalized spacial score (nSPS) is 18.1. The van der Waals surface area contributed by atoms with Crippen molar-refractivity contribution in [1.82, 2.24) is 0 Å². The van der Waals surface area contributed by atoms with Crippen LogP contribution in [0.25, 0.3) is 21.2 Å². The van der Waals surface area contributed by atoms with Crippen molar-refractivity contribution >= 4 is 145 Å². The molecule has 2 aliphatic carbocycles. The molecule has 0 fully saturated rings. The van der Waals surface area contributed by atoms with Crippen LogP contribution in [0.1, 0.15) is 162 Å². The number of rotatable bonds is 3. The summed E-state index contributed by atoms with van der Waals surface area (Å²) in [4.78, 5) is 5.15. The monoisotopic (exact) mass is 949 g/mol. The zero-order valence-electron chi connectivity index (χ0n) is 45.6. The summed E-state index contributed by atoms with van der Waals surface area (Å²) in [6, 6.07) is 31.4. The standard InChI is InChI=1S/C63H66B6N2S/c1-33-26-46-55-47(27-33)71(44-21-18-35(59(5,6)7)28-37(44)49-50(64)52(66)54(68)53(67)51(49)65)45-31-41-40(61(10,11)23-24-62(41,12)13)30-43(45)69(55)57-56(70(46)36-19-16-34(17-20-36)58(2,3)4)38-29-39-42(32-48(38)72-57)63(14,15)25-22-60(39,8)9/h16-21,26-32H,22-25H2,1-15H3. The Bertz CT molecular complexity index is 3440. The molecular formula is C63H66B6N2S. The van der Waals surface area contributed by atoms with Crippen LogP contribution in [-0.2, 0) is 32.5 Å². The zero-order valence-corrected chi connectivity index (χ0v) is 46.4. The van der Waals surface area contributed by atoms with E-state index >= 15 is 0 Å². The van der Waals surface area contributed by atoms with Gasteiger partial charge in [0.15, 0.2) is 0 Å². The first-order valence-corrected chi connectivity index (χ1v) is 27.1. The Hall–Kier alpha value is -4.73. The molecule has 0 spiro atoms. The topological polar surface area (TPSA) is 6.48 Å². The van der Waals surface area contributed by atoms with Gasteiger partial charge in [0.05, 0.1) is 11.4 Å². The van der Waals surface area contributed by atoms with Crippen molar-refractivity contribution in [3.63, 3.8) is 0 Å². The molecule has 0 saturated carbocycles. The van der Waals surface area contributed by atoms with Crippen LogP contribution in [0.3, 0.4) is 0 Å². The van der Waals surface area contributed by atoms with Gasteiger partial charge in [0.2, 0.25) is 0 Å². The van der Waals surface area contributed by atoms with Crippen LogP contribution in [0.4, 0.5) is 34.1 Å². The molecule has 0 amide bonds. The third kappa shape index (κ3) is 7.29. The molecule has 0 bridgehead atoms. The molecule has 0 atom stereocenters. The first-order valence-electron chi connectivity index (χ1n) is 26.2. The van der Waals surface area contributed by atoms with Gasteiger partial charge in [0, 0.05) is 43.2 Å². The number of fused-ring (bicyclic) bond motifs is 8. The molecule has 9 heteroatoms. The van der Waals surface area contributed by atoms with Crippen LogP contribution >= 0.6 is 11.3 Å². The molecule has 2 nitrogen and oxygen atoms in total. The lowest BCUT2D eigenvalue weighted by atomic mass is 9.35. The average molecular weight is 948 g/mol. The highest BCUT2D eigenvalue weighted by Gasteiger charge is 2.49. The van der Waals surface area contributed by atoms with E-state index in [1.807, 2.05) is 11.3 Å². The molecular weight excluding hydrogens is 882 g/mol. The summed E-state index contributed by atoms with van der Waals surface area (Å²) in [5, 5.41) is 1.33. The van der Waals surface area contributed by atoms with Gasteiger partial charge in [-0.3, -0.25) is 0 Å². The molecule has 0 N–H and O–H groups in total. The van der Waals surface area contributed by atoms with Gasteiger partial charge < -0.3 is 9.80 Å². The quantitative estimate of drug-likeness (QED) is 0.163. The summed E-state index contributed by atoms with van der Waals surface area (Å²) in [6.45, 7) is 35.4. The van der Waals surface area contributed by atoms with Crippen LogP contribution < -0.4 is 52.8 Å². The van der Waals surface area contributed by atoms with Gasteiger partial charge in [-0.15, -0.1) is 27.7 Å². The highest BCUT2D eigenvalue weighted by Crippen LogP contribution is 2.55. The minimum atomic E-state index is -0.200. The van der Waals surface area contributed by atoms with Crippen LogP contribution in [0, 0.1) is 6.92 Å². The molecule has 1 aromatic heterocycles. The predicted octanol–water partition coefficient (Wildman–Crippen LogP) is 10.2. The largest absolute Gasteiger partial charge is 0.311 e. The Morgan fingerprint density at radius 3 is 1.51 bits per heavy atom. The van der Waals surface area contributed by atoms with Crippen LogP contribution in [0.2, 0.25) is 0 Å². The van der Waals surface area contributed by atoms with E-state index in [1.54, 1.807) is 0 Å². The fourth-order valence-corrected chi connectivity index (χ4v) is 14.3. The van der Waals surface area contributed by atoms with E-state index in [1.165, 1.54) is 82.7 Å². The van der Waals surface area contributed by atoms with Gasteiger partial charge in [-0.1, -0.05) is 132 Å². The second-order valence-corrected chi connectivity index (χ2v) is 27.8. The molecule has 4 aliphatic rings. The van der Waals surface area contributed by atoms with Crippen molar-refractivity contribution in [3.05, 3.63) is 118 Å². The first kappa shape index (κ1) is 49.5. The minimum absolute atomic E-state index is 0.00421.